The number of carbonyl (C=O) groups excluding carboxylic acids is 1. The van der Waals surface area contributed by atoms with E-state index < -0.39 is 0 Å². The summed E-state index contributed by atoms with van der Waals surface area (Å²) in [6.07, 6.45) is 2.51. The number of pyridine rings is 1. The number of hydrogen-bond donors (Lipinski definition) is 1. The molecule has 1 amide bonds. The minimum absolute atomic E-state index is 0.0690. The number of nitrogens with zero attached hydrogens (tertiary/aromatic N) is 2. The number of carbonyl (C=O) groups is 1. The zero-order valence-electron chi connectivity index (χ0n) is 11.9. The van der Waals surface area contributed by atoms with Crippen LogP contribution in [0, 0.1) is 0 Å². The second kappa shape index (κ2) is 7.78. The Kier molecular flexibility index (Phi) is 5.75. The number of halogens is 1. The van der Waals surface area contributed by atoms with Gasteiger partial charge < -0.3 is 10.2 Å². The Bertz CT molecular complexity index is 589. The lowest BCUT2D eigenvalue weighted by Gasteiger charge is -2.19. The molecule has 2 aromatic rings. The Labute approximate surface area is 133 Å². The summed E-state index contributed by atoms with van der Waals surface area (Å²) in [4.78, 5) is 18.1. The summed E-state index contributed by atoms with van der Waals surface area (Å²) < 4.78 is 0.666. The zero-order valence-corrected chi connectivity index (χ0v) is 13.5. The quantitative estimate of drug-likeness (QED) is 0.645. The first kappa shape index (κ1) is 15.5. The van der Waals surface area contributed by atoms with Gasteiger partial charge in [0.15, 0.2) is 0 Å². The highest BCUT2D eigenvalue weighted by Crippen LogP contribution is 2.11. The fourth-order valence-corrected chi connectivity index (χ4v) is 2.34. The summed E-state index contributed by atoms with van der Waals surface area (Å²) in [6, 6.07) is 13.6. The van der Waals surface area contributed by atoms with E-state index in [-0.39, 0.29) is 5.91 Å². The number of amides is 1. The maximum absolute atomic E-state index is 11.9. The van der Waals surface area contributed by atoms with Crippen LogP contribution in [-0.4, -0.2) is 31.0 Å². The van der Waals surface area contributed by atoms with Gasteiger partial charge in [-0.05, 0) is 46.6 Å². The molecule has 0 saturated carbocycles. The molecule has 21 heavy (non-hydrogen) atoms. The van der Waals surface area contributed by atoms with E-state index in [0.29, 0.717) is 16.7 Å². The molecule has 1 N–H and O–H groups in total. The van der Waals surface area contributed by atoms with E-state index in [0.717, 1.165) is 13.0 Å². The normalized spacial score (nSPS) is 10.2. The molecule has 2 rings (SSSR count). The first-order valence-corrected chi connectivity index (χ1v) is 7.62. The number of benzene rings is 1. The molecule has 110 valence electrons. The lowest BCUT2D eigenvalue weighted by molar-refractivity contribution is 0.0953. The second-order valence-electron chi connectivity index (χ2n) is 4.73. The molecule has 1 aromatic carbocycles. The van der Waals surface area contributed by atoms with Crippen molar-refractivity contribution in [1.82, 2.24) is 10.3 Å². The van der Waals surface area contributed by atoms with E-state index in [1.165, 1.54) is 5.69 Å². The third kappa shape index (κ3) is 4.86. The van der Waals surface area contributed by atoms with Gasteiger partial charge in [0.05, 0.1) is 0 Å². The zero-order chi connectivity index (χ0) is 15.1. The lowest BCUT2D eigenvalue weighted by Crippen LogP contribution is -2.28. The Morgan fingerprint density at radius 2 is 2.05 bits per heavy atom. The molecular weight excluding hydrogens is 330 g/mol. The number of nitrogens with one attached hydrogen (secondary N) is 1. The highest BCUT2D eigenvalue weighted by molar-refractivity contribution is 9.10. The molecular formula is C16H18BrN3O. The molecule has 4 nitrogen and oxygen atoms in total. The predicted octanol–water partition coefficient (Wildman–Crippen LogP) is 3.10. The first-order valence-electron chi connectivity index (χ1n) is 6.83. The molecule has 0 bridgehead atoms. The van der Waals surface area contributed by atoms with Gasteiger partial charge in [-0.3, -0.25) is 4.79 Å². The number of para-hydroxylation sites is 1. The van der Waals surface area contributed by atoms with Gasteiger partial charge in [0.2, 0.25) is 0 Å². The van der Waals surface area contributed by atoms with Crippen LogP contribution in [0.4, 0.5) is 5.69 Å². The van der Waals surface area contributed by atoms with Crippen molar-refractivity contribution in [1.29, 1.82) is 0 Å². The SMILES string of the molecule is CN(CCCNC(=O)c1ccnc(Br)c1)c1ccccc1. The minimum Gasteiger partial charge on any atom is -0.375 e. The number of aromatic nitrogens is 1. The smallest absolute Gasteiger partial charge is 0.251 e. The highest BCUT2D eigenvalue weighted by Gasteiger charge is 2.06. The predicted molar refractivity (Wildman–Crippen MR) is 88.6 cm³/mol. The monoisotopic (exact) mass is 347 g/mol. The molecule has 0 atom stereocenters. The van der Waals surface area contributed by atoms with Crippen LogP contribution in [0.15, 0.2) is 53.3 Å². The standard InChI is InChI=1S/C16H18BrN3O/c1-20(14-6-3-2-4-7-14)11-5-9-19-16(21)13-8-10-18-15(17)12-13/h2-4,6-8,10,12H,5,9,11H2,1H3,(H,19,21). The van der Waals surface area contributed by atoms with Crippen LogP contribution in [0.5, 0.6) is 0 Å². The third-order valence-corrected chi connectivity index (χ3v) is 3.58. The first-order chi connectivity index (χ1) is 10.2. The van der Waals surface area contributed by atoms with Crippen molar-refractivity contribution in [2.75, 3.05) is 25.0 Å². The third-order valence-electron chi connectivity index (χ3n) is 3.14. The van der Waals surface area contributed by atoms with Crippen molar-refractivity contribution < 1.29 is 4.79 Å². The van der Waals surface area contributed by atoms with Gasteiger partial charge in [0.1, 0.15) is 4.60 Å². The lowest BCUT2D eigenvalue weighted by atomic mass is 10.2. The molecule has 5 heteroatoms. The van der Waals surface area contributed by atoms with E-state index in [2.05, 4.69) is 50.3 Å². The van der Waals surface area contributed by atoms with Crippen molar-refractivity contribution in [3.63, 3.8) is 0 Å². The molecule has 0 fully saturated rings. The van der Waals surface area contributed by atoms with Gasteiger partial charge in [-0.2, -0.15) is 0 Å². The van der Waals surface area contributed by atoms with Crippen molar-refractivity contribution in [2.45, 2.75) is 6.42 Å². The summed E-state index contributed by atoms with van der Waals surface area (Å²) in [5.74, 6) is -0.0690. The van der Waals surface area contributed by atoms with Gasteiger partial charge in [0.25, 0.3) is 5.91 Å². The van der Waals surface area contributed by atoms with Crippen molar-refractivity contribution >= 4 is 27.5 Å². The van der Waals surface area contributed by atoms with Gasteiger partial charge >= 0.3 is 0 Å². The molecule has 1 aromatic heterocycles. The summed E-state index contributed by atoms with van der Waals surface area (Å²) in [7, 11) is 2.05. The molecule has 0 aliphatic carbocycles. The van der Waals surface area contributed by atoms with Crippen molar-refractivity contribution in [2.24, 2.45) is 0 Å². The van der Waals surface area contributed by atoms with E-state index in [1.54, 1.807) is 18.3 Å². The van der Waals surface area contributed by atoms with E-state index in [4.69, 9.17) is 0 Å². The summed E-state index contributed by atoms with van der Waals surface area (Å²) in [6.45, 7) is 1.54. The molecule has 1 heterocycles. The largest absolute Gasteiger partial charge is 0.375 e. The topological polar surface area (TPSA) is 45.2 Å². The number of rotatable bonds is 6. The highest BCUT2D eigenvalue weighted by atomic mass is 79.9. The average molecular weight is 348 g/mol. The summed E-state index contributed by atoms with van der Waals surface area (Å²) >= 11 is 3.26. The molecule has 0 aliphatic rings. The van der Waals surface area contributed by atoms with Crippen LogP contribution < -0.4 is 10.2 Å². The Morgan fingerprint density at radius 3 is 2.76 bits per heavy atom. The Balaban J connectivity index is 1.74. The molecule has 0 saturated heterocycles. The average Bonchev–Trinajstić information content (AvgIpc) is 2.52. The summed E-state index contributed by atoms with van der Waals surface area (Å²) in [5, 5.41) is 2.92. The molecule has 0 radical (unpaired) electrons. The van der Waals surface area contributed by atoms with Gasteiger partial charge in [-0.15, -0.1) is 0 Å². The summed E-state index contributed by atoms with van der Waals surface area (Å²) in [5.41, 5.74) is 1.80. The van der Waals surface area contributed by atoms with Crippen LogP contribution in [-0.2, 0) is 0 Å². The van der Waals surface area contributed by atoms with E-state index in [9.17, 15) is 4.79 Å². The van der Waals surface area contributed by atoms with Gasteiger partial charge in [-0.25, -0.2) is 4.98 Å². The van der Waals surface area contributed by atoms with Crippen LogP contribution in [0.1, 0.15) is 16.8 Å². The molecule has 0 spiro atoms. The van der Waals surface area contributed by atoms with Crippen LogP contribution in [0.3, 0.4) is 0 Å². The van der Waals surface area contributed by atoms with Crippen molar-refractivity contribution in [3.8, 4) is 0 Å². The maximum Gasteiger partial charge on any atom is 0.251 e. The Hall–Kier alpha value is -1.88. The number of anilines is 1. The van der Waals surface area contributed by atoms with Gasteiger partial charge in [-0.1, -0.05) is 18.2 Å². The van der Waals surface area contributed by atoms with Crippen LogP contribution >= 0.6 is 15.9 Å². The van der Waals surface area contributed by atoms with E-state index >= 15 is 0 Å². The Morgan fingerprint density at radius 1 is 1.29 bits per heavy atom. The van der Waals surface area contributed by atoms with E-state index in [1.807, 2.05) is 18.2 Å². The molecule has 0 aliphatic heterocycles. The van der Waals surface area contributed by atoms with Crippen molar-refractivity contribution in [3.05, 3.63) is 58.8 Å². The van der Waals surface area contributed by atoms with Crippen LogP contribution in [0.25, 0.3) is 0 Å². The molecule has 0 unspecified atom stereocenters. The fraction of sp³-hybridized carbons (Fsp3) is 0.250. The second-order valence-corrected chi connectivity index (χ2v) is 5.55. The van der Waals surface area contributed by atoms with Crippen LogP contribution in [0.2, 0.25) is 0 Å². The maximum atomic E-state index is 11.9. The van der Waals surface area contributed by atoms with Gasteiger partial charge in [0, 0.05) is 37.6 Å². The number of hydrogen-bond acceptors (Lipinski definition) is 3. The fourth-order valence-electron chi connectivity index (χ4n) is 1.98. The minimum atomic E-state index is -0.0690.